The molecule has 1 N–H and O–H groups in total. The Bertz CT molecular complexity index is 1300. The van der Waals surface area contributed by atoms with Crippen LogP contribution in [0.3, 0.4) is 0 Å². The molecule has 0 radical (unpaired) electrons. The van der Waals surface area contributed by atoms with Gasteiger partial charge in [0.15, 0.2) is 24.1 Å². The van der Waals surface area contributed by atoms with Gasteiger partial charge in [-0.25, -0.2) is 5.43 Å². The molecule has 13 nitrogen and oxygen atoms in total. The first-order valence-electron chi connectivity index (χ1n) is 12.6. The zero-order valence-electron chi connectivity index (χ0n) is 23.4. The van der Waals surface area contributed by atoms with E-state index in [-0.39, 0.29) is 17.1 Å². The first kappa shape index (κ1) is 32.8. The number of hydrogen-bond acceptors (Lipinski definition) is 14. The van der Waals surface area contributed by atoms with E-state index >= 15 is 0 Å². The van der Waals surface area contributed by atoms with Gasteiger partial charge in [0.2, 0.25) is 0 Å². The number of Topliss-reactive ketones (excluding diaryl/α,β-unsaturated/α-hetero) is 1. The third-order valence-electron chi connectivity index (χ3n) is 5.72. The van der Waals surface area contributed by atoms with Crippen LogP contribution in [0.15, 0.2) is 45.2 Å². The maximum atomic E-state index is 12.9. The third kappa shape index (κ3) is 8.90. The van der Waals surface area contributed by atoms with E-state index in [2.05, 4.69) is 10.5 Å². The summed E-state index contributed by atoms with van der Waals surface area (Å²) in [6.45, 7) is 5.74. The fourth-order valence-electron chi connectivity index (χ4n) is 4.04. The van der Waals surface area contributed by atoms with E-state index in [1.165, 1.54) is 6.92 Å². The lowest BCUT2D eigenvalue weighted by Gasteiger charge is -2.44. The van der Waals surface area contributed by atoms with Gasteiger partial charge in [0.05, 0.1) is 21.3 Å². The molecule has 2 aliphatic heterocycles. The first-order valence-corrected chi connectivity index (χ1v) is 14.5. The van der Waals surface area contributed by atoms with Crippen LogP contribution in [-0.4, -0.2) is 83.5 Å². The molecule has 1 saturated heterocycles. The van der Waals surface area contributed by atoms with Gasteiger partial charge < -0.3 is 23.7 Å². The second-order valence-corrected chi connectivity index (χ2v) is 11.4. The molecule has 42 heavy (non-hydrogen) atoms. The van der Waals surface area contributed by atoms with Gasteiger partial charge in [0.1, 0.15) is 18.1 Å². The highest BCUT2D eigenvalue weighted by Crippen LogP contribution is 2.43. The van der Waals surface area contributed by atoms with Crippen LogP contribution in [0.1, 0.15) is 45.0 Å². The Morgan fingerprint density at radius 3 is 2.02 bits per heavy atom. The topological polar surface area (TPSA) is 173 Å². The van der Waals surface area contributed by atoms with E-state index in [1.54, 1.807) is 37.3 Å². The third-order valence-corrected chi connectivity index (χ3v) is 8.26. The second kappa shape index (κ2) is 15.0. The average molecular weight is 623 g/mol. The molecule has 1 amide bonds. The molecule has 15 heteroatoms. The highest BCUT2D eigenvalue weighted by molar-refractivity contribution is 8.22. The number of carbonyl (C=O) groups excluding carboxylic acids is 6. The molecule has 1 aromatic rings. The molecule has 0 aliphatic carbocycles. The number of esters is 4. The van der Waals surface area contributed by atoms with Gasteiger partial charge in [0, 0.05) is 33.3 Å². The molecule has 226 valence electrons. The minimum absolute atomic E-state index is 0.0678. The zero-order valence-corrected chi connectivity index (χ0v) is 25.1. The van der Waals surface area contributed by atoms with Crippen molar-refractivity contribution in [1.29, 1.82) is 0 Å². The fourth-order valence-corrected chi connectivity index (χ4v) is 6.70. The first-order chi connectivity index (χ1) is 19.9. The summed E-state index contributed by atoms with van der Waals surface area (Å²) in [5, 5.41) is 3.97. The number of carbonyl (C=O) groups is 6. The van der Waals surface area contributed by atoms with Crippen LogP contribution >= 0.6 is 23.5 Å². The summed E-state index contributed by atoms with van der Waals surface area (Å²) in [6, 6.07) is 8.56. The summed E-state index contributed by atoms with van der Waals surface area (Å²) in [4.78, 5) is 73.6. The van der Waals surface area contributed by atoms with E-state index in [1.807, 2.05) is 0 Å². The summed E-state index contributed by atoms with van der Waals surface area (Å²) in [6.07, 6.45) is -5.22. The number of nitrogens with zero attached hydrogens (tertiary/aromatic N) is 1. The smallest absolute Gasteiger partial charge is 0.303 e. The maximum absolute atomic E-state index is 12.9. The predicted octanol–water partition coefficient (Wildman–Crippen LogP) is 2.14. The van der Waals surface area contributed by atoms with Crippen molar-refractivity contribution in [2.75, 3.05) is 12.4 Å². The van der Waals surface area contributed by atoms with Crippen molar-refractivity contribution in [1.82, 2.24) is 5.43 Å². The summed E-state index contributed by atoms with van der Waals surface area (Å²) < 4.78 is 28.0. The number of ether oxygens (including phenoxy) is 5. The van der Waals surface area contributed by atoms with Gasteiger partial charge in [-0.15, -0.1) is 11.8 Å². The van der Waals surface area contributed by atoms with E-state index in [0.717, 1.165) is 44.3 Å². The molecule has 3 rings (SSSR count). The van der Waals surface area contributed by atoms with E-state index in [9.17, 15) is 28.8 Å². The number of ketones is 1. The lowest BCUT2D eigenvalue weighted by molar-refractivity contribution is -0.237. The normalized spacial score (nSPS) is 24.5. The molecule has 0 spiro atoms. The van der Waals surface area contributed by atoms with E-state index in [0.29, 0.717) is 15.5 Å². The highest BCUT2D eigenvalue weighted by atomic mass is 32.2. The van der Waals surface area contributed by atoms with Crippen molar-refractivity contribution in [3.8, 4) is 0 Å². The Hall–Kier alpha value is -3.69. The second-order valence-electron chi connectivity index (χ2n) is 9.06. The van der Waals surface area contributed by atoms with Crippen molar-refractivity contribution in [2.45, 2.75) is 64.5 Å². The van der Waals surface area contributed by atoms with Crippen LogP contribution in [0.25, 0.3) is 0 Å². The molecule has 0 unspecified atom stereocenters. The van der Waals surface area contributed by atoms with Crippen molar-refractivity contribution in [3.63, 3.8) is 0 Å². The number of thioether (sulfide) groups is 2. The van der Waals surface area contributed by atoms with Crippen molar-refractivity contribution >= 4 is 64.8 Å². The van der Waals surface area contributed by atoms with Crippen molar-refractivity contribution in [3.05, 3.63) is 45.7 Å². The molecule has 1 fully saturated rings. The summed E-state index contributed by atoms with van der Waals surface area (Å²) in [5.41, 5.74) is 2.16. The minimum atomic E-state index is -1.38. The SMILES string of the molecule is CC(=O)OC[C@H]1O[C@@H](S/C(SCC(=O)c2ccccc2)=C2/C(=O)NN=C2C)[C@H](OC(C)=O)[C@@H](OC(C)=O)[C@H]1OC(C)=O. The minimum Gasteiger partial charge on any atom is -0.463 e. The summed E-state index contributed by atoms with van der Waals surface area (Å²) in [7, 11) is 0. The summed E-state index contributed by atoms with van der Waals surface area (Å²) >= 11 is 1.97. The van der Waals surface area contributed by atoms with Crippen LogP contribution < -0.4 is 5.43 Å². The molecule has 1 aromatic carbocycles. The van der Waals surface area contributed by atoms with Gasteiger partial charge in [-0.2, -0.15) is 5.10 Å². The van der Waals surface area contributed by atoms with Crippen LogP contribution in [0.4, 0.5) is 0 Å². The lowest BCUT2D eigenvalue weighted by Crippen LogP contribution is -2.61. The van der Waals surface area contributed by atoms with Crippen LogP contribution in [0, 0.1) is 0 Å². The van der Waals surface area contributed by atoms with Crippen LogP contribution in [-0.2, 0) is 47.7 Å². The molecular weight excluding hydrogens is 592 g/mol. The Balaban J connectivity index is 2.03. The molecule has 0 saturated carbocycles. The number of rotatable bonds is 11. The lowest BCUT2D eigenvalue weighted by atomic mass is 9.99. The number of nitrogens with one attached hydrogen (secondary N) is 1. The molecule has 0 bridgehead atoms. The van der Waals surface area contributed by atoms with E-state index < -0.39 is 66.2 Å². The quantitative estimate of drug-likeness (QED) is 0.165. The maximum Gasteiger partial charge on any atom is 0.303 e. The van der Waals surface area contributed by atoms with Gasteiger partial charge >= 0.3 is 23.9 Å². The van der Waals surface area contributed by atoms with Crippen molar-refractivity contribution < 1.29 is 52.5 Å². The number of amides is 1. The Labute approximate surface area is 250 Å². The van der Waals surface area contributed by atoms with Crippen molar-refractivity contribution in [2.24, 2.45) is 5.10 Å². The molecular formula is C27H30N2O11S2. The Morgan fingerprint density at radius 1 is 0.881 bits per heavy atom. The van der Waals surface area contributed by atoms with E-state index in [4.69, 9.17) is 23.7 Å². The monoisotopic (exact) mass is 622 g/mol. The summed E-state index contributed by atoms with van der Waals surface area (Å²) in [5.74, 6) is -3.75. The number of hydrogen-bond donors (Lipinski definition) is 1. The average Bonchev–Trinajstić information content (AvgIpc) is 3.25. The fraction of sp³-hybridized carbons (Fsp3) is 0.444. The zero-order chi connectivity index (χ0) is 31.0. The van der Waals surface area contributed by atoms with Crippen LogP contribution in [0.5, 0.6) is 0 Å². The Morgan fingerprint density at radius 2 is 1.48 bits per heavy atom. The molecule has 0 aromatic heterocycles. The predicted molar refractivity (Wildman–Crippen MR) is 151 cm³/mol. The number of hydrazone groups is 1. The largest absolute Gasteiger partial charge is 0.463 e. The van der Waals surface area contributed by atoms with Crippen LogP contribution in [0.2, 0.25) is 0 Å². The Kier molecular flexibility index (Phi) is 11.7. The molecule has 5 atom stereocenters. The molecule has 2 heterocycles. The van der Waals surface area contributed by atoms with Gasteiger partial charge in [-0.1, -0.05) is 42.1 Å². The highest BCUT2D eigenvalue weighted by Gasteiger charge is 2.53. The standard InChI is InChI=1S/C27H30N2O11S2/c1-13-21(25(35)29-28-13)27(41-12-19(34)18-9-7-6-8-10-18)42-26-24(39-17(5)33)23(38-16(4)32)22(37-15(3)31)20(40-26)11-36-14(2)30/h6-10,20,22-24,26H,11-12H2,1-5H3,(H,29,35)/b27-21+/t20-,22+,23+,24-,26+/m1/s1. The van der Waals surface area contributed by atoms with Gasteiger partial charge in [-0.3, -0.25) is 28.8 Å². The molecule has 2 aliphatic rings. The van der Waals surface area contributed by atoms with Gasteiger partial charge in [-0.05, 0) is 6.92 Å². The number of benzene rings is 1. The van der Waals surface area contributed by atoms with Gasteiger partial charge in [0.25, 0.3) is 5.91 Å².